The topological polar surface area (TPSA) is 41.6 Å². The number of nitrogens with one attached hydrogen (secondary N) is 1. The molecular formula is C20H29FN2O2. The number of rotatable bonds is 5. The smallest absolute Gasteiger partial charge is 0.223 e. The van der Waals surface area contributed by atoms with E-state index in [0.29, 0.717) is 25.8 Å². The van der Waals surface area contributed by atoms with Crippen molar-refractivity contribution in [2.75, 3.05) is 32.8 Å². The molecule has 0 aliphatic carbocycles. The highest BCUT2D eigenvalue weighted by atomic mass is 19.1. The van der Waals surface area contributed by atoms with Crippen molar-refractivity contribution in [3.63, 3.8) is 0 Å². The summed E-state index contributed by atoms with van der Waals surface area (Å²) in [5.74, 6) is 0.0122. The lowest BCUT2D eigenvalue weighted by atomic mass is 9.79. The average Bonchev–Trinajstić information content (AvgIpc) is 3.10. The first-order valence-corrected chi connectivity index (χ1v) is 9.36. The first-order valence-electron chi connectivity index (χ1n) is 9.36. The van der Waals surface area contributed by atoms with Gasteiger partial charge in [0.1, 0.15) is 5.82 Å². The highest BCUT2D eigenvalue weighted by molar-refractivity contribution is 5.78. The first kappa shape index (κ1) is 18.3. The van der Waals surface area contributed by atoms with E-state index in [1.807, 2.05) is 12.1 Å². The van der Waals surface area contributed by atoms with Crippen LogP contribution in [0.2, 0.25) is 0 Å². The Labute approximate surface area is 149 Å². The fraction of sp³-hybridized carbons (Fsp3) is 0.650. The third kappa shape index (κ3) is 4.21. The van der Waals surface area contributed by atoms with Gasteiger partial charge in [0.25, 0.3) is 0 Å². The number of ether oxygens (including phenoxy) is 1. The van der Waals surface area contributed by atoms with Crippen molar-refractivity contribution < 1.29 is 13.9 Å². The average molecular weight is 348 g/mol. The molecule has 3 rings (SSSR count). The Kier molecular flexibility index (Phi) is 5.74. The fourth-order valence-electron chi connectivity index (χ4n) is 3.96. The molecule has 1 aromatic rings. The molecule has 2 heterocycles. The highest BCUT2D eigenvalue weighted by Crippen LogP contribution is 2.33. The molecule has 4 nitrogen and oxygen atoms in total. The van der Waals surface area contributed by atoms with E-state index >= 15 is 0 Å². The summed E-state index contributed by atoms with van der Waals surface area (Å²) in [6.07, 6.45) is 2.69. The van der Waals surface area contributed by atoms with E-state index < -0.39 is 0 Å². The standard InChI is InChI=1S/C20H29FN2O2/c1-15(2)23-10-7-16(8-11-23)19(24)22-13-20(9-12-25-14-20)17-3-5-18(21)6-4-17/h3-6,15-16H,7-14H2,1-2H3,(H,22,24)/t20-/m0/s1. The van der Waals surface area contributed by atoms with Gasteiger partial charge < -0.3 is 15.0 Å². The van der Waals surface area contributed by atoms with Gasteiger partial charge in [-0.1, -0.05) is 12.1 Å². The Hall–Kier alpha value is -1.46. The molecule has 5 heteroatoms. The van der Waals surface area contributed by atoms with Gasteiger partial charge in [0.05, 0.1) is 6.61 Å². The number of benzene rings is 1. The van der Waals surface area contributed by atoms with Gasteiger partial charge in [-0.3, -0.25) is 4.79 Å². The van der Waals surface area contributed by atoms with Gasteiger partial charge in [0.15, 0.2) is 0 Å². The van der Waals surface area contributed by atoms with E-state index in [0.717, 1.165) is 37.9 Å². The van der Waals surface area contributed by atoms with E-state index in [9.17, 15) is 9.18 Å². The second-order valence-corrected chi connectivity index (χ2v) is 7.71. The zero-order chi connectivity index (χ0) is 17.9. The van der Waals surface area contributed by atoms with Gasteiger partial charge in [-0.25, -0.2) is 4.39 Å². The number of piperidine rings is 1. The second kappa shape index (κ2) is 7.83. The van der Waals surface area contributed by atoms with Crippen molar-refractivity contribution in [1.29, 1.82) is 0 Å². The number of halogens is 1. The van der Waals surface area contributed by atoms with Crippen molar-refractivity contribution in [2.45, 2.75) is 44.6 Å². The van der Waals surface area contributed by atoms with E-state index in [2.05, 4.69) is 24.1 Å². The Morgan fingerprint density at radius 1 is 1.32 bits per heavy atom. The summed E-state index contributed by atoms with van der Waals surface area (Å²) in [4.78, 5) is 15.1. The molecule has 25 heavy (non-hydrogen) atoms. The van der Waals surface area contributed by atoms with Gasteiger partial charge >= 0.3 is 0 Å². The molecule has 2 aliphatic heterocycles. The first-order chi connectivity index (χ1) is 12.0. The summed E-state index contributed by atoms with van der Waals surface area (Å²) in [5, 5.41) is 3.16. The van der Waals surface area contributed by atoms with Crippen molar-refractivity contribution >= 4 is 5.91 Å². The molecule has 0 radical (unpaired) electrons. The Morgan fingerprint density at radius 2 is 2.00 bits per heavy atom. The van der Waals surface area contributed by atoms with Crippen molar-refractivity contribution in [1.82, 2.24) is 10.2 Å². The number of carbonyl (C=O) groups excluding carboxylic acids is 1. The second-order valence-electron chi connectivity index (χ2n) is 7.71. The maximum atomic E-state index is 13.2. The third-order valence-corrected chi connectivity index (χ3v) is 5.79. The van der Waals surface area contributed by atoms with Crippen LogP contribution in [0.1, 0.15) is 38.7 Å². The van der Waals surface area contributed by atoms with Crippen LogP contribution in [0.4, 0.5) is 4.39 Å². The third-order valence-electron chi connectivity index (χ3n) is 5.79. The van der Waals surface area contributed by atoms with Gasteiger partial charge in [-0.15, -0.1) is 0 Å². The summed E-state index contributed by atoms with van der Waals surface area (Å²) in [6.45, 7) is 8.19. The Balaban J connectivity index is 1.59. The fourth-order valence-corrected chi connectivity index (χ4v) is 3.96. The van der Waals surface area contributed by atoms with Gasteiger partial charge in [-0.05, 0) is 63.9 Å². The summed E-state index contributed by atoms with van der Waals surface area (Å²) in [5.41, 5.74) is 0.809. The SMILES string of the molecule is CC(C)N1CCC(C(=O)NC[C@@]2(c3ccc(F)cc3)CCOC2)CC1. The van der Waals surface area contributed by atoms with Crippen LogP contribution < -0.4 is 5.32 Å². The highest BCUT2D eigenvalue weighted by Gasteiger charge is 2.38. The minimum Gasteiger partial charge on any atom is -0.380 e. The van der Waals surface area contributed by atoms with E-state index in [4.69, 9.17) is 4.74 Å². The van der Waals surface area contributed by atoms with Crippen molar-refractivity contribution in [3.8, 4) is 0 Å². The molecule has 138 valence electrons. The molecule has 2 fully saturated rings. The largest absolute Gasteiger partial charge is 0.380 e. The number of hydrogen-bond acceptors (Lipinski definition) is 3. The molecule has 1 atom stereocenters. The monoisotopic (exact) mass is 348 g/mol. The Bertz CT molecular complexity index is 574. The molecular weight excluding hydrogens is 319 g/mol. The van der Waals surface area contributed by atoms with Crippen LogP contribution in [-0.2, 0) is 14.9 Å². The van der Waals surface area contributed by atoms with Gasteiger partial charge in [0.2, 0.25) is 5.91 Å². The lowest BCUT2D eigenvalue weighted by Gasteiger charge is -2.35. The predicted molar refractivity (Wildman–Crippen MR) is 96.0 cm³/mol. The summed E-state index contributed by atoms with van der Waals surface area (Å²) in [6, 6.07) is 7.15. The van der Waals surface area contributed by atoms with Crippen LogP contribution in [0.25, 0.3) is 0 Å². The number of carbonyl (C=O) groups is 1. The van der Waals surface area contributed by atoms with Gasteiger partial charge in [0, 0.05) is 30.5 Å². The van der Waals surface area contributed by atoms with Gasteiger partial charge in [-0.2, -0.15) is 0 Å². The van der Waals surface area contributed by atoms with Crippen LogP contribution >= 0.6 is 0 Å². The van der Waals surface area contributed by atoms with E-state index in [-0.39, 0.29) is 23.1 Å². The maximum absolute atomic E-state index is 13.2. The maximum Gasteiger partial charge on any atom is 0.223 e. The minimum atomic E-state index is -0.237. The normalized spacial score (nSPS) is 25.4. The molecule has 1 N–H and O–H groups in total. The number of hydrogen-bond donors (Lipinski definition) is 1. The lowest BCUT2D eigenvalue weighted by molar-refractivity contribution is -0.126. The minimum absolute atomic E-state index is 0.0996. The lowest BCUT2D eigenvalue weighted by Crippen LogP contribution is -2.46. The summed E-state index contributed by atoms with van der Waals surface area (Å²) >= 11 is 0. The van der Waals surface area contributed by atoms with Crippen LogP contribution in [0.15, 0.2) is 24.3 Å². The molecule has 1 amide bonds. The Morgan fingerprint density at radius 3 is 2.56 bits per heavy atom. The summed E-state index contributed by atoms with van der Waals surface area (Å²) in [7, 11) is 0. The van der Waals surface area contributed by atoms with Crippen molar-refractivity contribution in [2.24, 2.45) is 5.92 Å². The number of amides is 1. The predicted octanol–water partition coefficient (Wildman–Crippen LogP) is 2.72. The van der Waals surface area contributed by atoms with E-state index in [1.165, 1.54) is 12.1 Å². The molecule has 0 saturated carbocycles. The molecule has 0 unspecified atom stereocenters. The van der Waals surface area contributed by atoms with Crippen molar-refractivity contribution in [3.05, 3.63) is 35.6 Å². The van der Waals surface area contributed by atoms with E-state index in [1.54, 1.807) is 0 Å². The molecule has 0 bridgehead atoms. The molecule has 1 aromatic carbocycles. The van der Waals surface area contributed by atoms with Crippen LogP contribution in [0, 0.1) is 11.7 Å². The zero-order valence-electron chi connectivity index (χ0n) is 15.3. The van der Waals surface area contributed by atoms with Crippen LogP contribution in [0.5, 0.6) is 0 Å². The summed E-state index contributed by atoms with van der Waals surface area (Å²) < 4.78 is 18.9. The number of likely N-dealkylation sites (tertiary alicyclic amines) is 1. The molecule has 0 aromatic heterocycles. The molecule has 0 spiro atoms. The van der Waals surface area contributed by atoms with Crippen LogP contribution in [-0.4, -0.2) is 49.7 Å². The molecule has 2 saturated heterocycles. The number of nitrogens with zero attached hydrogens (tertiary/aromatic N) is 1. The zero-order valence-corrected chi connectivity index (χ0v) is 15.3. The quantitative estimate of drug-likeness (QED) is 0.890. The van der Waals surface area contributed by atoms with Crippen LogP contribution in [0.3, 0.4) is 0 Å². The molecule has 2 aliphatic rings.